The zero-order chi connectivity index (χ0) is 20.6. The van der Waals surface area contributed by atoms with E-state index in [4.69, 9.17) is 11.6 Å². The van der Waals surface area contributed by atoms with Gasteiger partial charge in [-0.1, -0.05) is 24.2 Å². The van der Waals surface area contributed by atoms with Crippen molar-refractivity contribution in [1.82, 2.24) is 15.0 Å². The number of carbonyl (C=O) groups is 1. The van der Waals surface area contributed by atoms with Crippen LogP contribution in [0.3, 0.4) is 0 Å². The van der Waals surface area contributed by atoms with Gasteiger partial charge in [0, 0.05) is 29.3 Å². The number of carbonyl (C=O) groups excluding carboxylic acids is 1. The Morgan fingerprint density at radius 2 is 1.97 bits per heavy atom. The third kappa shape index (κ3) is 5.60. The molecule has 0 aliphatic heterocycles. The molecule has 1 amide bonds. The van der Waals surface area contributed by atoms with E-state index in [1.54, 1.807) is 30.6 Å². The van der Waals surface area contributed by atoms with Crippen LogP contribution in [0.25, 0.3) is 0 Å². The number of hydrogen-bond acceptors (Lipinski definition) is 7. The lowest BCUT2D eigenvalue weighted by molar-refractivity contribution is -0.111. The first-order valence-corrected chi connectivity index (χ1v) is 8.96. The van der Waals surface area contributed by atoms with E-state index in [1.165, 1.54) is 12.3 Å². The summed E-state index contributed by atoms with van der Waals surface area (Å²) in [6, 6.07) is 10.8. The van der Waals surface area contributed by atoms with Gasteiger partial charge in [-0.3, -0.25) is 9.78 Å². The second-order valence-corrected chi connectivity index (χ2v) is 6.24. The van der Waals surface area contributed by atoms with Crippen molar-refractivity contribution >= 4 is 46.4 Å². The van der Waals surface area contributed by atoms with Gasteiger partial charge >= 0.3 is 0 Å². The molecule has 8 nitrogen and oxygen atoms in total. The number of pyridine rings is 1. The Balaban J connectivity index is 1.75. The number of nitrogens with one attached hydrogen (secondary N) is 3. The van der Waals surface area contributed by atoms with Crippen molar-refractivity contribution in [3.8, 4) is 0 Å². The summed E-state index contributed by atoms with van der Waals surface area (Å²) in [5.41, 5.74) is 5.81. The van der Waals surface area contributed by atoms with Crippen molar-refractivity contribution < 1.29 is 4.79 Å². The van der Waals surface area contributed by atoms with Crippen LogP contribution in [-0.2, 0) is 4.79 Å². The van der Waals surface area contributed by atoms with Crippen LogP contribution in [-0.4, -0.2) is 26.6 Å². The molecular formula is C20H18ClN7O. The molecule has 1 aromatic carbocycles. The Morgan fingerprint density at radius 3 is 2.72 bits per heavy atom. The fourth-order valence-electron chi connectivity index (χ4n) is 2.30. The van der Waals surface area contributed by atoms with E-state index >= 15 is 0 Å². The molecule has 9 heteroatoms. The summed E-state index contributed by atoms with van der Waals surface area (Å²) in [4.78, 5) is 23.9. The number of rotatable bonds is 7. The highest BCUT2D eigenvalue weighted by atomic mass is 35.5. The molecule has 0 radical (unpaired) electrons. The highest BCUT2D eigenvalue weighted by molar-refractivity contribution is 6.32. The predicted molar refractivity (Wildman–Crippen MR) is 116 cm³/mol. The molecule has 3 rings (SSSR count). The van der Waals surface area contributed by atoms with Crippen molar-refractivity contribution in [2.75, 3.05) is 16.1 Å². The fraction of sp³-hybridized carbons (Fsp3) is 0.0500. The number of benzene rings is 1. The lowest BCUT2D eigenvalue weighted by Gasteiger charge is -2.10. The standard InChI is InChI=1S/C20H18ClN7O/c1-3-18(29)24-15-5-4-6-16(11-15)25-19-17(21)12-23-20(26-19)28-27-13(2)14-7-9-22-10-8-14/h3-12H,1H2,2H3,(H,24,29)(H2,23,25,26,28)/b27-13+. The molecule has 3 aromatic rings. The van der Waals surface area contributed by atoms with Crippen LogP contribution >= 0.6 is 11.6 Å². The van der Waals surface area contributed by atoms with Crippen LogP contribution in [0.4, 0.5) is 23.1 Å². The SMILES string of the molecule is C=CC(=O)Nc1cccc(Nc2nc(N/N=C(\C)c3ccncc3)ncc2Cl)c1. The van der Waals surface area contributed by atoms with Gasteiger partial charge in [-0.15, -0.1) is 0 Å². The molecule has 0 aliphatic rings. The summed E-state index contributed by atoms with van der Waals surface area (Å²) in [6.07, 6.45) is 6.06. The maximum Gasteiger partial charge on any atom is 0.247 e. The Hall–Kier alpha value is -3.78. The number of halogens is 1. The second-order valence-electron chi connectivity index (χ2n) is 5.83. The topological polar surface area (TPSA) is 104 Å². The minimum Gasteiger partial charge on any atom is -0.339 e. The van der Waals surface area contributed by atoms with Gasteiger partial charge < -0.3 is 10.6 Å². The molecule has 0 saturated carbocycles. The third-order valence-corrected chi connectivity index (χ3v) is 4.02. The third-order valence-electron chi connectivity index (χ3n) is 3.74. The summed E-state index contributed by atoms with van der Waals surface area (Å²) in [6.45, 7) is 5.30. The van der Waals surface area contributed by atoms with Crippen LogP contribution in [0.15, 0.2) is 72.7 Å². The van der Waals surface area contributed by atoms with E-state index in [2.05, 4.69) is 42.7 Å². The quantitative estimate of drug-likeness (QED) is 0.307. The van der Waals surface area contributed by atoms with E-state index in [-0.39, 0.29) is 11.9 Å². The van der Waals surface area contributed by atoms with Gasteiger partial charge in [0.05, 0.1) is 11.9 Å². The first-order valence-electron chi connectivity index (χ1n) is 8.59. The Kier molecular flexibility index (Phi) is 6.49. The van der Waals surface area contributed by atoms with Gasteiger partial charge in [0.15, 0.2) is 5.82 Å². The summed E-state index contributed by atoms with van der Waals surface area (Å²) in [7, 11) is 0. The highest BCUT2D eigenvalue weighted by Crippen LogP contribution is 2.25. The van der Waals surface area contributed by atoms with E-state index in [9.17, 15) is 4.79 Å². The molecule has 0 unspecified atom stereocenters. The van der Waals surface area contributed by atoms with Crippen molar-refractivity contribution in [3.05, 3.63) is 78.2 Å². The van der Waals surface area contributed by atoms with E-state index in [0.29, 0.717) is 22.2 Å². The molecule has 146 valence electrons. The number of hydrogen-bond donors (Lipinski definition) is 3. The maximum absolute atomic E-state index is 11.5. The average molecular weight is 408 g/mol. The van der Waals surface area contributed by atoms with Crippen LogP contribution < -0.4 is 16.1 Å². The van der Waals surface area contributed by atoms with Gasteiger partial charge in [-0.05, 0) is 43.3 Å². The zero-order valence-electron chi connectivity index (χ0n) is 15.6. The van der Waals surface area contributed by atoms with Gasteiger partial charge in [0.25, 0.3) is 0 Å². The molecule has 2 heterocycles. The van der Waals surface area contributed by atoms with Crippen molar-refractivity contribution in [2.24, 2.45) is 5.10 Å². The Morgan fingerprint density at radius 1 is 1.21 bits per heavy atom. The summed E-state index contributed by atoms with van der Waals surface area (Å²) >= 11 is 6.21. The van der Waals surface area contributed by atoms with Gasteiger partial charge in [-0.2, -0.15) is 10.1 Å². The molecule has 3 N–H and O–H groups in total. The average Bonchev–Trinajstić information content (AvgIpc) is 2.75. The molecule has 0 spiro atoms. The second kappa shape index (κ2) is 9.43. The van der Waals surface area contributed by atoms with Crippen molar-refractivity contribution in [2.45, 2.75) is 6.92 Å². The van der Waals surface area contributed by atoms with Crippen LogP contribution in [0.1, 0.15) is 12.5 Å². The zero-order valence-corrected chi connectivity index (χ0v) is 16.3. The number of amides is 1. The van der Waals surface area contributed by atoms with E-state index < -0.39 is 0 Å². The van der Waals surface area contributed by atoms with Crippen molar-refractivity contribution in [3.63, 3.8) is 0 Å². The highest BCUT2D eigenvalue weighted by Gasteiger charge is 2.07. The molecule has 0 atom stereocenters. The van der Waals surface area contributed by atoms with Crippen molar-refractivity contribution in [1.29, 1.82) is 0 Å². The Labute approximate surface area is 172 Å². The fourth-order valence-corrected chi connectivity index (χ4v) is 2.44. The molecule has 0 saturated heterocycles. The lowest BCUT2D eigenvalue weighted by atomic mass is 10.2. The summed E-state index contributed by atoms with van der Waals surface area (Å²) in [5.74, 6) is 0.380. The maximum atomic E-state index is 11.5. The number of anilines is 4. The van der Waals surface area contributed by atoms with E-state index in [1.807, 2.05) is 25.1 Å². The molecule has 0 fully saturated rings. The Bertz CT molecular complexity index is 1050. The molecule has 0 bridgehead atoms. The monoisotopic (exact) mass is 407 g/mol. The summed E-state index contributed by atoms with van der Waals surface area (Å²) < 4.78 is 0. The molecular weight excluding hydrogens is 390 g/mol. The number of aromatic nitrogens is 3. The molecule has 2 aromatic heterocycles. The normalized spacial score (nSPS) is 10.9. The van der Waals surface area contributed by atoms with Crippen LogP contribution in [0.2, 0.25) is 5.02 Å². The molecule has 29 heavy (non-hydrogen) atoms. The predicted octanol–water partition coefficient (Wildman–Crippen LogP) is 4.23. The smallest absolute Gasteiger partial charge is 0.247 e. The number of hydrazone groups is 1. The van der Waals surface area contributed by atoms with Gasteiger partial charge in [-0.25, -0.2) is 10.4 Å². The van der Waals surface area contributed by atoms with E-state index in [0.717, 1.165) is 11.3 Å². The minimum atomic E-state index is -0.295. The number of nitrogens with zero attached hydrogens (tertiary/aromatic N) is 4. The van der Waals surface area contributed by atoms with Gasteiger partial charge in [0.1, 0.15) is 5.02 Å². The van der Waals surface area contributed by atoms with Crippen LogP contribution in [0, 0.1) is 0 Å². The summed E-state index contributed by atoms with van der Waals surface area (Å²) in [5, 5.41) is 10.4. The molecule has 0 aliphatic carbocycles. The first-order chi connectivity index (χ1) is 14.0. The first kappa shape index (κ1) is 20.0. The van der Waals surface area contributed by atoms with Gasteiger partial charge in [0.2, 0.25) is 11.9 Å². The largest absolute Gasteiger partial charge is 0.339 e. The lowest BCUT2D eigenvalue weighted by Crippen LogP contribution is -2.07. The van der Waals surface area contributed by atoms with Crippen LogP contribution in [0.5, 0.6) is 0 Å². The minimum absolute atomic E-state index is 0.279.